The first-order valence-corrected chi connectivity index (χ1v) is 15.9. The Hall–Kier alpha value is -3.54. The Labute approximate surface area is 240 Å². The molecule has 4 atom stereocenters. The predicted molar refractivity (Wildman–Crippen MR) is 158 cm³/mol. The van der Waals surface area contributed by atoms with Gasteiger partial charge in [-0.3, -0.25) is 4.79 Å². The number of fused-ring (bicyclic) bond motifs is 1. The Balaban J connectivity index is 1.39. The van der Waals surface area contributed by atoms with Crippen molar-refractivity contribution in [1.82, 2.24) is 15.0 Å². The van der Waals surface area contributed by atoms with Crippen molar-refractivity contribution in [3.63, 3.8) is 0 Å². The van der Waals surface area contributed by atoms with Gasteiger partial charge in [0.2, 0.25) is 5.95 Å². The minimum Gasteiger partial charge on any atom is -0.461 e. The van der Waals surface area contributed by atoms with Crippen LogP contribution in [0.25, 0.3) is 10.8 Å². The van der Waals surface area contributed by atoms with Crippen molar-refractivity contribution in [2.75, 3.05) is 46.8 Å². The van der Waals surface area contributed by atoms with Gasteiger partial charge in [-0.25, -0.2) is 22.8 Å². The van der Waals surface area contributed by atoms with E-state index in [2.05, 4.69) is 58.1 Å². The number of hydrogen-bond acceptors (Lipinski definition) is 10. The Kier molecular flexibility index (Phi) is 7.80. The number of halogens is 1. The average Bonchev–Trinajstić information content (AvgIpc) is 2.90. The minimum absolute atomic E-state index is 0.00365. The van der Waals surface area contributed by atoms with Crippen molar-refractivity contribution in [2.45, 2.75) is 57.8 Å². The van der Waals surface area contributed by atoms with E-state index >= 15 is 4.39 Å². The molecule has 1 N–H and O–H groups in total. The summed E-state index contributed by atoms with van der Waals surface area (Å²) < 4.78 is 43.8. The molecule has 4 heterocycles. The lowest BCUT2D eigenvalue weighted by Gasteiger charge is -2.48. The van der Waals surface area contributed by atoms with Gasteiger partial charge >= 0.3 is 0 Å². The van der Waals surface area contributed by atoms with Crippen LogP contribution in [0.3, 0.4) is 0 Å². The Bertz CT molecular complexity index is 1550. The van der Waals surface area contributed by atoms with Crippen LogP contribution in [-0.4, -0.2) is 79.3 Å². The van der Waals surface area contributed by atoms with E-state index in [1.165, 1.54) is 18.7 Å². The van der Waals surface area contributed by atoms with E-state index in [0.29, 0.717) is 43.6 Å². The first-order valence-electron chi connectivity index (χ1n) is 13.9. The predicted octanol–water partition coefficient (Wildman–Crippen LogP) is 4.24. The molecule has 2 aliphatic heterocycles. The summed E-state index contributed by atoms with van der Waals surface area (Å²) in [4.78, 5) is 28.4. The molecule has 3 aromatic rings. The van der Waals surface area contributed by atoms with Gasteiger partial charge in [0.05, 0.1) is 12.3 Å². The number of anilines is 4. The van der Waals surface area contributed by atoms with Crippen LogP contribution in [0.15, 0.2) is 36.7 Å². The molecule has 220 valence electrons. The number of rotatable bonds is 9. The van der Waals surface area contributed by atoms with E-state index in [9.17, 15) is 13.2 Å². The monoisotopic (exact) mass is 584 g/mol. The number of carbonyl (C=O) groups excluding carboxylic acids is 1. The molecule has 0 bridgehead atoms. The summed E-state index contributed by atoms with van der Waals surface area (Å²) in [5.41, 5.74) is 0.498. The molecular weight excluding hydrogens is 547 g/mol. The van der Waals surface area contributed by atoms with Crippen molar-refractivity contribution in [3.05, 3.63) is 42.2 Å². The zero-order chi connectivity index (χ0) is 29.5. The SMILES string of the molecule is CC(C)c1ccc(N2C[C@H](CS(C)(=O)=O)[C@H]2C)c2cnc(Nc3ccnc(N4CC[C@@H](OC=O)[C@@](C)(F)C4)n3)cc12. The van der Waals surface area contributed by atoms with Gasteiger partial charge in [-0.05, 0) is 48.9 Å². The second-order valence-electron chi connectivity index (χ2n) is 11.8. The van der Waals surface area contributed by atoms with Crippen LogP contribution in [0, 0.1) is 5.92 Å². The summed E-state index contributed by atoms with van der Waals surface area (Å²) in [5, 5.41) is 5.35. The number of hydrogen-bond donors (Lipinski definition) is 1. The van der Waals surface area contributed by atoms with Crippen LogP contribution in [0.1, 0.15) is 45.6 Å². The molecule has 0 radical (unpaired) electrons. The highest BCUT2D eigenvalue weighted by Crippen LogP contribution is 2.39. The van der Waals surface area contributed by atoms with Crippen LogP contribution in [-0.2, 0) is 19.4 Å². The lowest BCUT2D eigenvalue weighted by molar-refractivity contribution is -0.142. The van der Waals surface area contributed by atoms with E-state index in [4.69, 9.17) is 4.74 Å². The zero-order valence-corrected chi connectivity index (χ0v) is 24.9. The summed E-state index contributed by atoms with van der Waals surface area (Å²) >= 11 is 0. The van der Waals surface area contributed by atoms with Crippen LogP contribution in [0.5, 0.6) is 0 Å². The first kappa shape index (κ1) is 29.0. The number of pyridine rings is 1. The Morgan fingerprint density at radius 1 is 1.22 bits per heavy atom. The van der Waals surface area contributed by atoms with E-state index in [-0.39, 0.29) is 30.2 Å². The van der Waals surface area contributed by atoms with Crippen molar-refractivity contribution < 1.29 is 22.3 Å². The van der Waals surface area contributed by atoms with Gasteiger partial charge < -0.3 is 19.9 Å². The fourth-order valence-corrected chi connectivity index (χ4v) is 7.09. The van der Waals surface area contributed by atoms with E-state index in [0.717, 1.165) is 16.5 Å². The number of ether oxygens (including phenoxy) is 1. The number of sulfone groups is 1. The van der Waals surface area contributed by atoms with E-state index in [1.807, 2.05) is 12.3 Å². The molecule has 0 spiro atoms. The third-order valence-electron chi connectivity index (χ3n) is 8.20. The summed E-state index contributed by atoms with van der Waals surface area (Å²) in [6.07, 6.45) is 4.29. The number of alkyl halides is 1. The fraction of sp³-hybridized carbons (Fsp3) is 0.517. The molecule has 1 aromatic carbocycles. The topological polar surface area (TPSA) is 118 Å². The summed E-state index contributed by atoms with van der Waals surface area (Å²) in [6.45, 7) is 9.22. The molecule has 2 saturated heterocycles. The number of nitrogens with one attached hydrogen (secondary N) is 1. The number of benzene rings is 1. The molecule has 0 saturated carbocycles. The summed E-state index contributed by atoms with van der Waals surface area (Å²) in [6, 6.07) is 8.09. The highest BCUT2D eigenvalue weighted by Gasteiger charge is 2.42. The van der Waals surface area contributed by atoms with Crippen LogP contribution in [0.4, 0.5) is 27.7 Å². The molecule has 0 aliphatic carbocycles. The smallest absolute Gasteiger partial charge is 0.293 e. The van der Waals surface area contributed by atoms with Gasteiger partial charge in [0.25, 0.3) is 6.47 Å². The second-order valence-corrected chi connectivity index (χ2v) is 14.0. The normalized spacial score (nSPS) is 24.8. The summed E-state index contributed by atoms with van der Waals surface area (Å²) in [5.74, 6) is 2.08. The zero-order valence-electron chi connectivity index (χ0n) is 24.0. The van der Waals surface area contributed by atoms with Gasteiger partial charge in [-0.1, -0.05) is 19.9 Å². The maximum absolute atomic E-state index is 15.2. The Morgan fingerprint density at radius 2 is 2.00 bits per heavy atom. The van der Waals surface area contributed by atoms with Gasteiger partial charge in [-0.15, -0.1) is 0 Å². The molecule has 5 rings (SSSR count). The molecule has 12 heteroatoms. The number of aromatic nitrogens is 3. The van der Waals surface area contributed by atoms with Crippen molar-refractivity contribution >= 4 is 50.4 Å². The van der Waals surface area contributed by atoms with Gasteiger partial charge in [0.1, 0.15) is 27.6 Å². The first-order chi connectivity index (χ1) is 19.4. The van der Waals surface area contributed by atoms with Crippen LogP contribution >= 0.6 is 0 Å². The molecule has 0 amide bonds. The molecular formula is C29H37FN6O4S. The number of piperidine rings is 1. The highest BCUT2D eigenvalue weighted by atomic mass is 32.2. The second kappa shape index (κ2) is 11.0. The Morgan fingerprint density at radius 3 is 2.66 bits per heavy atom. The van der Waals surface area contributed by atoms with Crippen molar-refractivity contribution in [1.29, 1.82) is 0 Å². The number of carbonyl (C=O) groups is 1. The maximum Gasteiger partial charge on any atom is 0.293 e. The molecule has 41 heavy (non-hydrogen) atoms. The lowest BCUT2D eigenvalue weighted by Crippen LogP contribution is -2.57. The summed E-state index contributed by atoms with van der Waals surface area (Å²) in [7, 11) is -3.04. The third kappa shape index (κ3) is 6.07. The molecule has 2 fully saturated rings. The van der Waals surface area contributed by atoms with Gasteiger partial charge in [-0.2, -0.15) is 4.98 Å². The molecule has 2 aromatic heterocycles. The van der Waals surface area contributed by atoms with Crippen molar-refractivity contribution in [2.24, 2.45) is 5.92 Å². The molecule has 10 nitrogen and oxygen atoms in total. The lowest BCUT2D eigenvalue weighted by atomic mass is 9.88. The maximum atomic E-state index is 15.2. The van der Waals surface area contributed by atoms with E-state index in [1.54, 1.807) is 17.2 Å². The molecule has 0 unspecified atom stereocenters. The molecule has 2 aliphatic rings. The van der Waals surface area contributed by atoms with Gasteiger partial charge in [0, 0.05) is 61.2 Å². The fourth-order valence-electron chi connectivity index (χ4n) is 5.93. The number of nitrogens with zero attached hydrogens (tertiary/aromatic N) is 5. The van der Waals surface area contributed by atoms with Crippen LogP contribution in [0.2, 0.25) is 0 Å². The van der Waals surface area contributed by atoms with Gasteiger partial charge in [0.15, 0.2) is 5.67 Å². The quantitative estimate of drug-likeness (QED) is 0.366. The van der Waals surface area contributed by atoms with E-state index < -0.39 is 21.6 Å². The van der Waals surface area contributed by atoms with Crippen LogP contribution < -0.4 is 15.1 Å². The average molecular weight is 585 g/mol. The standard InChI is InChI=1S/C29H37FN6O4S/c1-18(2)21-6-7-24(36-14-20(19(36)3)15-41(5,38)39)23-13-32-27(12-22(21)23)33-26-8-10-31-28(34-26)35-11-9-25(40-17-37)29(4,30)16-35/h6-8,10,12-13,17-20,25H,9,11,14-16H2,1-5H3,(H,31,32,33,34)/t19-,20-,25-,29+/m1/s1. The minimum atomic E-state index is -3.04. The van der Waals surface area contributed by atoms with Crippen molar-refractivity contribution in [3.8, 4) is 0 Å². The third-order valence-corrected chi connectivity index (χ3v) is 9.23. The highest BCUT2D eigenvalue weighted by molar-refractivity contribution is 7.90. The largest absolute Gasteiger partial charge is 0.461 e.